The van der Waals surface area contributed by atoms with E-state index >= 15 is 0 Å². The normalized spacial score (nSPS) is 14.4. The number of likely N-dealkylation sites (tertiary alicyclic amines) is 1. The Labute approximate surface area is 267 Å². The molecule has 11 heteroatoms. The van der Waals surface area contributed by atoms with E-state index in [-0.39, 0.29) is 23.6 Å². The number of nitrogens with one attached hydrogen (secondary N) is 1. The Bertz CT molecular complexity index is 1930. The Morgan fingerprint density at radius 3 is 2.43 bits per heavy atom. The largest absolute Gasteiger partial charge is 0.478 e. The Kier molecular flexibility index (Phi) is 8.18. The molecular weight excluding hydrogens is 584 g/mol. The number of anilines is 1. The van der Waals surface area contributed by atoms with Crippen molar-refractivity contribution in [3.8, 4) is 11.4 Å². The molecule has 0 radical (unpaired) electrons. The number of carboxylic acids is 1. The van der Waals surface area contributed by atoms with Gasteiger partial charge in [-0.3, -0.25) is 0 Å². The second-order valence-corrected chi connectivity index (χ2v) is 13.3. The lowest BCUT2D eigenvalue weighted by Gasteiger charge is -2.34. The van der Waals surface area contributed by atoms with Crippen LogP contribution in [0, 0.1) is 6.92 Å². The van der Waals surface area contributed by atoms with Gasteiger partial charge in [0.25, 0.3) is 0 Å². The fourth-order valence-electron chi connectivity index (χ4n) is 6.00. The van der Waals surface area contributed by atoms with Crippen LogP contribution in [0.2, 0.25) is 0 Å². The number of aryl methyl sites for hydroxylation is 1. The number of carboxylic acid groups (broad SMARTS) is 1. The number of aromatic nitrogens is 4. The number of rotatable bonds is 7. The number of carbonyl (C=O) groups is 2. The van der Waals surface area contributed by atoms with Crippen molar-refractivity contribution in [2.45, 2.75) is 78.5 Å². The molecule has 2 aromatic heterocycles. The molecule has 0 unspecified atom stereocenters. The second kappa shape index (κ2) is 12.1. The number of piperidine rings is 1. The first kappa shape index (κ1) is 31.1. The number of amides is 1. The zero-order chi connectivity index (χ0) is 32.7. The van der Waals surface area contributed by atoms with E-state index in [0.717, 1.165) is 51.8 Å². The summed E-state index contributed by atoms with van der Waals surface area (Å²) in [7, 11) is 0. The zero-order valence-corrected chi connectivity index (χ0v) is 27.1. The van der Waals surface area contributed by atoms with Crippen molar-refractivity contribution in [2.24, 2.45) is 0 Å². The van der Waals surface area contributed by atoms with Gasteiger partial charge in [0.05, 0.1) is 11.1 Å². The highest BCUT2D eigenvalue weighted by Crippen LogP contribution is 2.31. The van der Waals surface area contributed by atoms with Gasteiger partial charge in [-0.15, -0.1) is 0 Å². The minimum absolute atomic E-state index is 0.0659. The number of hydrogen-bond acceptors (Lipinski definition) is 8. The van der Waals surface area contributed by atoms with Crippen LogP contribution in [-0.4, -0.2) is 66.5 Å². The first-order valence-corrected chi connectivity index (χ1v) is 15.7. The predicted octanol–water partition coefficient (Wildman–Crippen LogP) is 7.23. The summed E-state index contributed by atoms with van der Waals surface area (Å²) in [5.41, 5.74) is 3.49. The molecule has 0 atom stereocenters. The molecule has 240 valence electrons. The van der Waals surface area contributed by atoms with Crippen LogP contribution in [0.5, 0.6) is 0 Å². The van der Waals surface area contributed by atoms with Crippen LogP contribution in [0.3, 0.4) is 0 Å². The predicted molar refractivity (Wildman–Crippen MR) is 176 cm³/mol. The lowest BCUT2D eigenvalue weighted by atomic mass is 10.0. The van der Waals surface area contributed by atoms with Gasteiger partial charge in [0.2, 0.25) is 11.7 Å². The smallest absolute Gasteiger partial charge is 0.410 e. The number of ether oxygens (including phenoxy) is 1. The fraction of sp³-hybridized carbons (Fsp3) is 0.400. The third-order valence-corrected chi connectivity index (χ3v) is 8.18. The van der Waals surface area contributed by atoms with Gasteiger partial charge in [0.15, 0.2) is 0 Å². The Balaban J connectivity index is 1.30. The van der Waals surface area contributed by atoms with E-state index in [1.165, 1.54) is 0 Å². The molecule has 1 aliphatic rings. The summed E-state index contributed by atoms with van der Waals surface area (Å²) in [6.45, 7) is 13.1. The van der Waals surface area contributed by atoms with Gasteiger partial charge in [-0.1, -0.05) is 43.3 Å². The molecule has 0 aliphatic carbocycles. The van der Waals surface area contributed by atoms with Crippen molar-refractivity contribution < 1.29 is 24.0 Å². The molecule has 11 nitrogen and oxygen atoms in total. The van der Waals surface area contributed by atoms with Crippen LogP contribution in [0.1, 0.15) is 81.0 Å². The maximum absolute atomic E-state index is 12.5. The summed E-state index contributed by atoms with van der Waals surface area (Å²) in [6, 6.07) is 16.1. The molecule has 1 amide bonds. The third-order valence-electron chi connectivity index (χ3n) is 8.18. The Morgan fingerprint density at radius 1 is 1.04 bits per heavy atom. The van der Waals surface area contributed by atoms with E-state index < -0.39 is 11.6 Å². The number of carbonyl (C=O) groups excluding carboxylic acids is 1. The van der Waals surface area contributed by atoms with E-state index in [0.29, 0.717) is 36.9 Å². The molecule has 6 rings (SSSR count). The molecule has 0 spiro atoms. The molecule has 2 N–H and O–H groups in total. The van der Waals surface area contributed by atoms with Gasteiger partial charge in [0, 0.05) is 49.8 Å². The van der Waals surface area contributed by atoms with Crippen molar-refractivity contribution in [1.82, 2.24) is 24.6 Å². The summed E-state index contributed by atoms with van der Waals surface area (Å²) in [6.07, 6.45) is 1.14. The van der Waals surface area contributed by atoms with E-state index in [4.69, 9.17) is 14.2 Å². The van der Waals surface area contributed by atoms with Crippen LogP contribution >= 0.6 is 0 Å². The van der Waals surface area contributed by atoms with Crippen LogP contribution in [-0.2, 0) is 11.3 Å². The van der Waals surface area contributed by atoms with Crippen LogP contribution in [0.4, 0.5) is 10.5 Å². The molecule has 3 aromatic carbocycles. The number of aromatic carboxylic acids is 1. The first-order valence-electron chi connectivity index (χ1n) is 15.7. The Hall–Kier alpha value is -4.93. The summed E-state index contributed by atoms with van der Waals surface area (Å²) in [5.74, 6) is 0.915. The van der Waals surface area contributed by atoms with Gasteiger partial charge in [-0.2, -0.15) is 4.98 Å². The van der Waals surface area contributed by atoms with Crippen molar-refractivity contribution >= 4 is 39.6 Å². The molecule has 46 heavy (non-hydrogen) atoms. The molecule has 0 bridgehead atoms. The van der Waals surface area contributed by atoms with Crippen molar-refractivity contribution in [3.05, 3.63) is 71.4 Å². The number of imidazole rings is 1. The van der Waals surface area contributed by atoms with Crippen LogP contribution in [0.25, 0.3) is 33.2 Å². The summed E-state index contributed by atoms with van der Waals surface area (Å²) in [4.78, 5) is 36.0. The van der Waals surface area contributed by atoms with E-state index in [2.05, 4.69) is 58.1 Å². The number of benzene rings is 3. The van der Waals surface area contributed by atoms with E-state index in [1.807, 2.05) is 39.0 Å². The zero-order valence-electron chi connectivity index (χ0n) is 27.1. The molecule has 0 saturated carbocycles. The first-order chi connectivity index (χ1) is 21.8. The lowest BCUT2D eigenvalue weighted by Crippen LogP contribution is -2.44. The number of nitrogens with zero attached hydrogens (tertiary/aromatic N) is 5. The molecule has 3 heterocycles. The van der Waals surface area contributed by atoms with Gasteiger partial charge in [0.1, 0.15) is 16.9 Å². The average Bonchev–Trinajstić information content (AvgIpc) is 3.59. The fourth-order valence-corrected chi connectivity index (χ4v) is 6.00. The van der Waals surface area contributed by atoms with E-state index in [9.17, 15) is 14.7 Å². The van der Waals surface area contributed by atoms with Crippen molar-refractivity contribution in [1.29, 1.82) is 0 Å². The maximum atomic E-state index is 12.5. The topological polar surface area (TPSA) is 136 Å². The third kappa shape index (κ3) is 6.54. The molecule has 1 aliphatic heterocycles. The Morgan fingerprint density at radius 2 is 1.78 bits per heavy atom. The van der Waals surface area contributed by atoms with E-state index in [1.54, 1.807) is 17.9 Å². The maximum Gasteiger partial charge on any atom is 0.410 e. The lowest BCUT2D eigenvalue weighted by molar-refractivity contribution is 0.0210. The average molecular weight is 625 g/mol. The standard InChI is InChI=1S/C35H40N6O5/c1-20(2)32-38-30-28(33(42)43)17-27(37-26-11-13-40(14-12-26)34(44)45-35(4,5)6)18-29(30)41(32)19-22-7-8-23-9-10-24(16-25(23)15-22)31-36-21(3)46-39-31/h7-10,15-18,20,26,37H,11-14,19H2,1-6H3,(H,42,43). The minimum atomic E-state index is -1.02. The van der Waals surface area contributed by atoms with Crippen LogP contribution < -0.4 is 5.32 Å². The highest BCUT2D eigenvalue weighted by atomic mass is 16.6. The monoisotopic (exact) mass is 624 g/mol. The van der Waals surface area contributed by atoms with Gasteiger partial charge >= 0.3 is 12.1 Å². The van der Waals surface area contributed by atoms with Gasteiger partial charge in [-0.25, -0.2) is 14.6 Å². The minimum Gasteiger partial charge on any atom is -0.478 e. The highest BCUT2D eigenvalue weighted by molar-refractivity contribution is 6.03. The summed E-state index contributed by atoms with van der Waals surface area (Å²) in [5, 5.41) is 20.0. The van der Waals surface area contributed by atoms with Gasteiger partial charge in [-0.05, 0) is 74.2 Å². The highest BCUT2D eigenvalue weighted by Gasteiger charge is 2.28. The van der Waals surface area contributed by atoms with Crippen molar-refractivity contribution in [3.63, 3.8) is 0 Å². The van der Waals surface area contributed by atoms with Crippen LogP contribution in [0.15, 0.2) is 53.1 Å². The molecular formula is C35H40N6O5. The van der Waals surface area contributed by atoms with Gasteiger partial charge < -0.3 is 29.2 Å². The molecule has 1 saturated heterocycles. The summed E-state index contributed by atoms with van der Waals surface area (Å²) < 4.78 is 12.8. The molecule has 1 fully saturated rings. The SMILES string of the molecule is Cc1nc(-c2ccc3ccc(Cn4c(C(C)C)nc5c(C(=O)O)cc(NC6CCN(C(=O)OC(C)(C)C)CC6)cc54)cc3c2)no1. The number of hydrogen-bond donors (Lipinski definition) is 2. The quantitative estimate of drug-likeness (QED) is 0.192. The second-order valence-electron chi connectivity index (χ2n) is 13.3. The summed E-state index contributed by atoms with van der Waals surface area (Å²) >= 11 is 0. The van der Waals surface area contributed by atoms with Crippen molar-refractivity contribution in [2.75, 3.05) is 18.4 Å². The number of fused-ring (bicyclic) bond motifs is 2. The molecule has 5 aromatic rings.